The van der Waals surface area contributed by atoms with Crippen molar-refractivity contribution in [3.8, 4) is 5.75 Å². The van der Waals surface area contributed by atoms with Crippen LogP contribution >= 0.6 is 15.9 Å². The second-order valence-corrected chi connectivity index (χ2v) is 5.74. The van der Waals surface area contributed by atoms with Gasteiger partial charge in [-0.2, -0.15) is 0 Å². The van der Waals surface area contributed by atoms with Crippen LogP contribution in [0.1, 0.15) is 27.0 Å². The molecular weight excluding hydrogens is 316 g/mol. The molecule has 2 rings (SSSR count). The van der Waals surface area contributed by atoms with Crippen LogP contribution in [0.25, 0.3) is 0 Å². The topological polar surface area (TPSA) is 26.3 Å². The maximum atomic E-state index is 12.0. The second-order valence-electron chi connectivity index (χ2n) is 4.95. The molecule has 2 aromatic rings. The summed E-state index contributed by atoms with van der Waals surface area (Å²) >= 11 is 3.51. The minimum atomic E-state index is -0.0109. The van der Waals surface area contributed by atoms with E-state index < -0.39 is 0 Å². The Balaban J connectivity index is 2.05. The molecule has 0 aliphatic heterocycles. The average molecular weight is 333 g/mol. The molecule has 0 aliphatic rings. The lowest BCUT2D eigenvalue weighted by Gasteiger charge is -2.09. The van der Waals surface area contributed by atoms with Gasteiger partial charge in [0.1, 0.15) is 5.75 Å². The number of halogens is 1. The van der Waals surface area contributed by atoms with Gasteiger partial charge in [-0.1, -0.05) is 45.8 Å². The fourth-order valence-corrected chi connectivity index (χ4v) is 2.19. The molecule has 0 aliphatic carbocycles. The van der Waals surface area contributed by atoms with Crippen LogP contribution in [0.2, 0.25) is 0 Å². The first-order valence-corrected chi connectivity index (χ1v) is 7.26. The molecule has 3 heteroatoms. The Morgan fingerprint density at radius 1 is 1.05 bits per heavy atom. The molecule has 0 unspecified atom stereocenters. The molecule has 0 spiro atoms. The van der Waals surface area contributed by atoms with Gasteiger partial charge in [0, 0.05) is 10.0 Å². The fourth-order valence-electron chi connectivity index (χ4n) is 1.96. The molecule has 0 bridgehead atoms. The number of ketones is 1. The van der Waals surface area contributed by atoms with Crippen LogP contribution in [-0.2, 0) is 0 Å². The van der Waals surface area contributed by atoms with Crippen LogP contribution < -0.4 is 4.74 Å². The molecule has 0 aromatic heterocycles. The highest BCUT2D eigenvalue weighted by molar-refractivity contribution is 9.10. The predicted octanol–water partition coefficient (Wildman–Crippen LogP) is 4.64. The Morgan fingerprint density at radius 3 is 2.15 bits per heavy atom. The second kappa shape index (κ2) is 6.23. The largest absolute Gasteiger partial charge is 0.485 e. The van der Waals surface area contributed by atoms with Crippen molar-refractivity contribution >= 4 is 21.7 Å². The van der Waals surface area contributed by atoms with Crippen molar-refractivity contribution in [2.24, 2.45) is 0 Å². The Kier molecular flexibility index (Phi) is 4.61. The molecule has 0 saturated carbocycles. The van der Waals surface area contributed by atoms with Gasteiger partial charge in [0.25, 0.3) is 0 Å². The normalized spacial score (nSPS) is 10.4. The van der Waals surface area contributed by atoms with Crippen molar-refractivity contribution in [1.82, 2.24) is 0 Å². The highest BCUT2D eigenvalue weighted by atomic mass is 79.9. The number of carbonyl (C=O) groups excluding carboxylic acids is 1. The van der Waals surface area contributed by atoms with E-state index in [1.807, 2.05) is 57.2 Å². The lowest BCUT2D eigenvalue weighted by molar-refractivity contribution is 0.0921. The number of Topliss-reactive ketones (excluding diaryl/α,β-unsaturated/α-hetero) is 1. The van der Waals surface area contributed by atoms with Crippen LogP contribution in [0.5, 0.6) is 5.75 Å². The Labute approximate surface area is 127 Å². The number of aryl methyl sites for hydroxylation is 3. The van der Waals surface area contributed by atoms with Crippen LogP contribution in [0.15, 0.2) is 40.9 Å². The molecule has 20 heavy (non-hydrogen) atoms. The Bertz CT molecular complexity index is 607. The lowest BCUT2D eigenvalue weighted by Crippen LogP contribution is -2.11. The van der Waals surface area contributed by atoms with Crippen molar-refractivity contribution < 1.29 is 9.53 Å². The van der Waals surface area contributed by atoms with Crippen LogP contribution in [0.3, 0.4) is 0 Å². The maximum Gasteiger partial charge on any atom is 0.200 e. The summed E-state index contributed by atoms with van der Waals surface area (Å²) in [5, 5.41) is 0. The SMILES string of the molecule is Cc1ccc(C(=O)COc2cc(C)c(Br)c(C)c2)cc1. The molecule has 104 valence electrons. The van der Waals surface area contributed by atoms with E-state index in [4.69, 9.17) is 4.74 Å². The molecule has 0 fully saturated rings. The van der Waals surface area contributed by atoms with Crippen LogP contribution in [-0.4, -0.2) is 12.4 Å². The fraction of sp³-hybridized carbons (Fsp3) is 0.235. The third-order valence-electron chi connectivity index (χ3n) is 3.15. The van der Waals surface area contributed by atoms with Crippen molar-refractivity contribution in [2.45, 2.75) is 20.8 Å². The zero-order valence-corrected chi connectivity index (χ0v) is 13.5. The molecule has 0 N–H and O–H groups in total. The van der Waals surface area contributed by atoms with Crippen molar-refractivity contribution in [3.05, 3.63) is 63.1 Å². The Morgan fingerprint density at radius 2 is 1.60 bits per heavy atom. The van der Waals surface area contributed by atoms with E-state index in [1.165, 1.54) is 0 Å². The lowest BCUT2D eigenvalue weighted by atomic mass is 10.1. The van der Waals surface area contributed by atoms with Gasteiger partial charge >= 0.3 is 0 Å². The van der Waals surface area contributed by atoms with Gasteiger partial charge in [-0.05, 0) is 44.0 Å². The van der Waals surface area contributed by atoms with E-state index in [0.29, 0.717) is 5.56 Å². The number of hydrogen-bond donors (Lipinski definition) is 0. The highest BCUT2D eigenvalue weighted by Crippen LogP contribution is 2.26. The van der Waals surface area contributed by atoms with Crippen LogP contribution in [0, 0.1) is 20.8 Å². The van der Waals surface area contributed by atoms with E-state index >= 15 is 0 Å². The summed E-state index contributed by atoms with van der Waals surface area (Å²) in [5.74, 6) is 0.715. The summed E-state index contributed by atoms with van der Waals surface area (Å²) in [6, 6.07) is 11.4. The molecule has 2 nitrogen and oxygen atoms in total. The zero-order valence-electron chi connectivity index (χ0n) is 11.9. The quantitative estimate of drug-likeness (QED) is 0.762. The van der Waals surface area contributed by atoms with Gasteiger partial charge < -0.3 is 4.74 Å². The molecule has 0 heterocycles. The summed E-state index contributed by atoms with van der Waals surface area (Å²) in [6.45, 7) is 6.07. The predicted molar refractivity (Wildman–Crippen MR) is 84.6 cm³/mol. The van der Waals surface area contributed by atoms with E-state index in [-0.39, 0.29) is 12.4 Å². The van der Waals surface area contributed by atoms with Gasteiger partial charge in [0.05, 0.1) is 0 Å². The summed E-state index contributed by atoms with van der Waals surface area (Å²) in [4.78, 5) is 12.0. The number of carbonyl (C=O) groups is 1. The van der Waals surface area contributed by atoms with Crippen molar-refractivity contribution in [2.75, 3.05) is 6.61 Å². The highest BCUT2D eigenvalue weighted by Gasteiger charge is 2.08. The summed E-state index contributed by atoms with van der Waals surface area (Å²) in [5.41, 5.74) is 4.02. The molecular formula is C17H17BrO2. The number of ether oxygens (including phenoxy) is 1. The molecule has 0 amide bonds. The van der Waals surface area contributed by atoms with E-state index in [0.717, 1.165) is 26.9 Å². The first-order chi connectivity index (χ1) is 9.47. The third kappa shape index (κ3) is 3.48. The molecule has 0 radical (unpaired) electrons. The number of benzene rings is 2. The molecule has 2 aromatic carbocycles. The van der Waals surface area contributed by atoms with E-state index in [1.54, 1.807) is 0 Å². The van der Waals surface area contributed by atoms with Gasteiger partial charge in [-0.15, -0.1) is 0 Å². The first-order valence-electron chi connectivity index (χ1n) is 6.47. The Hall–Kier alpha value is -1.61. The smallest absolute Gasteiger partial charge is 0.200 e. The van der Waals surface area contributed by atoms with Crippen molar-refractivity contribution in [1.29, 1.82) is 0 Å². The minimum Gasteiger partial charge on any atom is -0.485 e. The van der Waals surface area contributed by atoms with Gasteiger partial charge in [-0.25, -0.2) is 0 Å². The van der Waals surface area contributed by atoms with E-state index in [2.05, 4.69) is 15.9 Å². The van der Waals surface area contributed by atoms with Crippen LogP contribution in [0.4, 0.5) is 0 Å². The molecule has 0 saturated heterocycles. The zero-order chi connectivity index (χ0) is 14.7. The third-order valence-corrected chi connectivity index (χ3v) is 4.40. The maximum absolute atomic E-state index is 12.0. The van der Waals surface area contributed by atoms with E-state index in [9.17, 15) is 4.79 Å². The monoisotopic (exact) mass is 332 g/mol. The first kappa shape index (κ1) is 14.8. The minimum absolute atomic E-state index is 0.0109. The van der Waals surface area contributed by atoms with Gasteiger partial charge in [0.15, 0.2) is 12.4 Å². The standard InChI is InChI=1S/C17H17BrO2/c1-11-4-6-14(7-5-11)16(19)10-20-15-8-12(2)17(18)13(3)9-15/h4-9H,10H2,1-3H3. The summed E-state index contributed by atoms with van der Waals surface area (Å²) in [6.07, 6.45) is 0. The average Bonchev–Trinajstić information content (AvgIpc) is 2.42. The number of rotatable bonds is 4. The summed E-state index contributed by atoms with van der Waals surface area (Å²) in [7, 11) is 0. The summed E-state index contributed by atoms with van der Waals surface area (Å²) < 4.78 is 6.68. The van der Waals surface area contributed by atoms with Gasteiger partial charge in [-0.3, -0.25) is 4.79 Å². The number of hydrogen-bond acceptors (Lipinski definition) is 2. The van der Waals surface area contributed by atoms with Gasteiger partial charge in [0.2, 0.25) is 0 Å². The molecule has 0 atom stereocenters. The van der Waals surface area contributed by atoms with Crippen molar-refractivity contribution in [3.63, 3.8) is 0 Å².